The van der Waals surface area contributed by atoms with Crippen molar-refractivity contribution >= 4 is 11.7 Å². The average Bonchev–Trinajstić information content (AvgIpc) is 3.02. The van der Waals surface area contributed by atoms with Gasteiger partial charge in [-0.2, -0.15) is 0 Å². The van der Waals surface area contributed by atoms with Gasteiger partial charge in [-0.05, 0) is 49.4 Å². The SMILES string of the molecule is Cc1cc(C2(C(=O)O)CC2)cc(N(C)C)c1C. The largest absolute Gasteiger partial charge is 0.481 e. The fourth-order valence-electron chi connectivity index (χ4n) is 2.33. The van der Waals surface area contributed by atoms with Crippen molar-refractivity contribution in [3.05, 3.63) is 28.8 Å². The molecule has 0 aromatic heterocycles. The van der Waals surface area contributed by atoms with Crippen LogP contribution >= 0.6 is 0 Å². The van der Waals surface area contributed by atoms with Crippen LogP contribution in [0.25, 0.3) is 0 Å². The molecule has 0 saturated heterocycles. The van der Waals surface area contributed by atoms with E-state index in [0.717, 1.165) is 24.1 Å². The second-order valence-corrected chi connectivity index (χ2v) is 5.22. The molecule has 0 spiro atoms. The first-order valence-corrected chi connectivity index (χ1v) is 5.91. The van der Waals surface area contributed by atoms with E-state index >= 15 is 0 Å². The van der Waals surface area contributed by atoms with Gasteiger partial charge in [-0.3, -0.25) is 4.79 Å². The highest BCUT2D eigenvalue weighted by molar-refractivity contribution is 5.85. The topological polar surface area (TPSA) is 40.5 Å². The van der Waals surface area contributed by atoms with Gasteiger partial charge in [-0.25, -0.2) is 0 Å². The zero-order chi connectivity index (χ0) is 12.8. The molecule has 92 valence electrons. The summed E-state index contributed by atoms with van der Waals surface area (Å²) in [5, 5.41) is 9.33. The lowest BCUT2D eigenvalue weighted by atomic mass is 9.91. The first-order chi connectivity index (χ1) is 7.88. The van der Waals surface area contributed by atoms with Crippen LogP contribution in [0.15, 0.2) is 12.1 Å². The van der Waals surface area contributed by atoms with E-state index in [1.807, 2.05) is 38.1 Å². The molecule has 1 saturated carbocycles. The van der Waals surface area contributed by atoms with Crippen molar-refractivity contribution in [3.8, 4) is 0 Å². The minimum atomic E-state index is -0.689. The highest BCUT2D eigenvalue weighted by atomic mass is 16.4. The average molecular weight is 233 g/mol. The number of benzene rings is 1. The zero-order valence-electron chi connectivity index (χ0n) is 10.9. The Morgan fingerprint density at radius 1 is 1.29 bits per heavy atom. The summed E-state index contributed by atoms with van der Waals surface area (Å²) in [6.45, 7) is 4.12. The van der Waals surface area contributed by atoms with Crippen LogP contribution in [0, 0.1) is 13.8 Å². The van der Waals surface area contributed by atoms with E-state index in [-0.39, 0.29) is 0 Å². The van der Waals surface area contributed by atoms with E-state index in [1.54, 1.807) is 0 Å². The van der Waals surface area contributed by atoms with E-state index in [4.69, 9.17) is 0 Å². The van der Waals surface area contributed by atoms with Crippen LogP contribution in [-0.4, -0.2) is 25.2 Å². The summed E-state index contributed by atoms with van der Waals surface area (Å²) < 4.78 is 0. The monoisotopic (exact) mass is 233 g/mol. The molecular formula is C14H19NO2. The van der Waals surface area contributed by atoms with Gasteiger partial charge in [0.2, 0.25) is 0 Å². The van der Waals surface area contributed by atoms with Gasteiger partial charge >= 0.3 is 5.97 Å². The first kappa shape index (κ1) is 12.0. The number of carbonyl (C=O) groups is 1. The summed E-state index contributed by atoms with van der Waals surface area (Å²) in [6.07, 6.45) is 1.52. The van der Waals surface area contributed by atoms with E-state index in [2.05, 4.69) is 6.92 Å². The number of hydrogen-bond donors (Lipinski definition) is 1. The highest BCUT2D eigenvalue weighted by Crippen LogP contribution is 2.49. The molecule has 1 aliphatic rings. The fraction of sp³-hybridized carbons (Fsp3) is 0.500. The Hall–Kier alpha value is -1.51. The second kappa shape index (κ2) is 3.76. The Labute approximate surface area is 102 Å². The summed E-state index contributed by atoms with van der Waals surface area (Å²) in [7, 11) is 3.98. The minimum Gasteiger partial charge on any atom is -0.481 e. The molecule has 1 fully saturated rings. The molecule has 1 aromatic rings. The molecule has 0 atom stereocenters. The van der Waals surface area contributed by atoms with Crippen molar-refractivity contribution in [2.75, 3.05) is 19.0 Å². The smallest absolute Gasteiger partial charge is 0.314 e. The molecule has 1 N–H and O–H groups in total. The number of anilines is 1. The summed E-state index contributed by atoms with van der Waals surface area (Å²) in [5.41, 5.74) is 3.85. The van der Waals surface area contributed by atoms with Crippen molar-refractivity contribution < 1.29 is 9.90 Å². The Balaban J connectivity index is 2.54. The summed E-state index contributed by atoms with van der Waals surface area (Å²) in [4.78, 5) is 13.4. The van der Waals surface area contributed by atoms with E-state index in [9.17, 15) is 9.90 Å². The molecule has 3 heteroatoms. The molecular weight excluding hydrogens is 214 g/mol. The number of hydrogen-bond acceptors (Lipinski definition) is 2. The third kappa shape index (κ3) is 1.79. The molecule has 0 unspecified atom stereocenters. The van der Waals surface area contributed by atoms with Crippen LogP contribution in [0.3, 0.4) is 0 Å². The van der Waals surface area contributed by atoms with Crippen molar-refractivity contribution in [3.63, 3.8) is 0 Å². The summed E-state index contributed by atoms with van der Waals surface area (Å²) >= 11 is 0. The van der Waals surface area contributed by atoms with Gasteiger partial charge in [-0.1, -0.05) is 6.07 Å². The predicted octanol–water partition coefficient (Wildman–Crippen LogP) is 2.49. The fourth-order valence-corrected chi connectivity index (χ4v) is 2.33. The maximum Gasteiger partial charge on any atom is 0.314 e. The number of aliphatic carboxylic acids is 1. The molecule has 0 amide bonds. The van der Waals surface area contributed by atoms with Gasteiger partial charge in [0.15, 0.2) is 0 Å². The normalized spacial score (nSPS) is 16.7. The molecule has 1 aromatic carbocycles. The van der Waals surface area contributed by atoms with Crippen molar-refractivity contribution in [2.24, 2.45) is 0 Å². The highest BCUT2D eigenvalue weighted by Gasteiger charge is 2.52. The number of carboxylic acids is 1. The molecule has 0 bridgehead atoms. The number of carboxylic acid groups (broad SMARTS) is 1. The third-order valence-electron chi connectivity index (χ3n) is 3.83. The second-order valence-electron chi connectivity index (χ2n) is 5.22. The van der Waals surface area contributed by atoms with Crippen molar-refractivity contribution in [1.82, 2.24) is 0 Å². The minimum absolute atomic E-state index is 0.608. The van der Waals surface area contributed by atoms with Gasteiger partial charge in [0.05, 0.1) is 5.41 Å². The molecule has 1 aliphatic carbocycles. The Kier molecular flexibility index (Phi) is 2.64. The number of rotatable bonds is 3. The molecule has 2 rings (SSSR count). The lowest BCUT2D eigenvalue weighted by Crippen LogP contribution is -2.21. The summed E-state index contributed by atoms with van der Waals surface area (Å²) in [6, 6.07) is 4.06. The van der Waals surface area contributed by atoms with Crippen LogP contribution in [0.4, 0.5) is 5.69 Å². The van der Waals surface area contributed by atoms with Crippen LogP contribution in [0.5, 0.6) is 0 Å². The molecule has 3 nitrogen and oxygen atoms in total. The quantitative estimate of drug-likeness (QED) is 0.872. The first-order valence-electron chi connectivity index (χ1n) is 5.91. The van der Waals surface area contributed by atoms with Gasteiger partial charge < -0.3 is 10.0 Å². The summed E-state index contributed by atoms with van der Waals surface area (Å²) in [5.74, 6) is -0.689. The van der Waals surface area contributed by atoms with E-state index < -0.39 is 11.4 Å². The van der Waals surface area contributed by atoms with Gasteiger partial charge in [-0.15, -0.1) is 0 Å². The van der Waals surface area contributed by atoms with Crippen LogP contribution < -0.4 is 4.90 Å². The van der Waals surface area contributed by atoms with E-state index in [1.165, 1.54) is 11.1 Å². The van der Waals surface area contributed by atoms with Gasteiger partial charge in [0, 0.05) is 19.8 Å². The van der Waals surface area contributed by atoms with Crippen LogP contribution in [0.2, 0.25) is 0 Å². The Bertz CT molecular complexity index is 473. The molecule has 17 heavy (non-hydrogen) atoms. The molecule has 0 radical (unpaired) electrons. The van der Waals surface area contributed by atoms with Gasteiger partial charge in [0.1, 0.15) is 0 Å². The third-order valence-corrected chi connectivity index (χ3v) is 3.83. The Morgan fingerprint density at radius 3 is 2.29 bits per heavy atom. The molecule has 0 heterocycles. The maximum absolute atomic E-state index is 11.3. The van der Waals surface area contributed by atoms with Crippen molar-refractivity contribution in [2.45, 2.75) is 32.1 Å². The van der Waals surface area contributed by atoms with Crippen molar-refractivity contribution in [1.29, 1.82) is 0 Å². The zero-order valence-corrected chi connectivity index (χ0v) is 10.9. The lowest BCUT2D eigenvalue weighted by molar-refractivity contribution is -0.140. The lowest BCUT2D eigenvalue weighted by Gasteiger charge is -2.21. The van der Waals surface area contributed by atoms with Crippen LogP contribution in [-0.2, 0) is 10.2 Å². The number of nitrogens with zero attached hydrogens (tertiary/aromatic N) is 1. The Morgan fingerprint density at radius 2 is 1.88 bits per heavy atom. The standard InChI is InChI=1S/C14H19NO2/c1-9-7-11(14(5-6-14)13(16)17)8-12(10(9)2)15(3)4/h7-8H,5-6H2,1-4H3,(H,16,17). The predicted molar refractivity (Wildman–Crippen MR) is 68.8 cm³/mol. The van der Waals surface area contributed by atoms with Crippen LogP contribution in [0.1, 0.15) is 29.5 Å². The molecule has 0 aliphatic heterocycles. The number of aryl methyl sites for hydroxylation is 1. The maximum atomic E-state index is 11.3. The van der Waals surface area contributed by atoms with E-state index in [0.29, 0.717) is 0 Å². The van der Waals surface area contributed by atoms with Gasteiger partial charge in [0.25, 0.3) is 0 Å².